The third kappa shape index (κ3) is 5.66. The summed E-state index contributed by atoms with van der Waals surface area (Å²) in [5.41, 5.74) is 2.23. The number of H-pyrrole nitrogens is 1. The zero-order valence-corrected chi connectivity index (χ0v) is 19.7. The summed E-state index contributed by atoms with van der Waals surface area (Å²) in [5.74, 6) is 0.622. The smallest absolute Gasteiger partial charge is 0.245 e. The molecule has 1 N–H and O–H groups in total. The molecule has 0 fully saturated rings. The van der Waals surface area contributed by atoms with Crippen molar-refractivity contribution in [2.75, 3.05) is 0 Å². The molecule has 0 saturated heterocycles. The molecular weight excluding hydrogens is 463 g/mol. The van der Waals surface area contributed by atoms with E-state index < -0.39 is 16.9 Å². The summed E-state index contributed by atoms with van der Waals surface area (Å²) >= 11 is 6.02. The van der Waals surface area contributed by atoms with Crippen LogP contribution in [0.1, 0.15) is 67.8 Å². The number of tetrazole rings is 1. The highest BCUT2D eigenvalue weighted by Gasteiger charge is 2.38. The van der Waals surface area contributed by atoms with Crippen LogP contribution in [-0.2, 0) is 6.42 Å². The molecule has 0 radical (unpaired) electrons. The quantitative estimate of drug-likeness (QED) is 0.435. The Morgan fingerprint density at radius 2 is 1.82 bits per heavy atom. The van der Waals surface area contributed by atoms with Gasteiger partial charge in [-0.3, -0.25) is 0 Å². The third-order valence-electron chi connectivity index (χ3n) is 6.47. The van der Waals surface area contributed by atoms with E-state index in [0.717, 1.165) is 29.7 Å². The standard InChI is InChI=1S/C25H27ClF3N5/c1-2-3-8-22-18(13-14-21(23(26)30-22)25(27,28)29)15-16-9-11-17(12-10-16)19-6-4-5-7-20(19)24-31-33-34-32-24/h4-7,9-12,18-20H,2-3,8,13-15H2,1H3,(H,31,32,33,34). The Kier molecular flexibility index (Phi) is 7.66. The molecule has 180 valence electrons. The Hall–Kier alpha value is -2.74. The summed E-state index contributed by atoms with van der Waals surface area (Å²) in [5, 5.41) is 14.1. The van der Waals surface area contributed by atoms with Crippen LogP contribution in [0.3, 0.4) is 0 Å². The van der Waals surface area contributed by atoms with Crippen molar-refractivity contribution >= 4 is 17.3 Å². The van der Waals surface area contributed by atoms with Gasteiger partial charge in [-0.25, -0.2) is 4.99 Å². The first-order valence-electron chi connectivity index (χ1n) is 11.6. The van der Waals surface area contributed by atoms with Gasteiger partial charge >= 0.3 is 6.18 Å². The second-order valence-electron chi connectivity index (χ2n) is 8.75. The van der Waals surface area contributed by atoms with E-state index in [4.69, 9.17) is 11.6 Å². The number of aromatic amines is 1. The Morgan fingerprint density at radius 1 is 1.09 bits per heavy atom. The van der Waals surface area contributed by atoms with Crippen LogP contribution in [0.2, 0.25) is 0 Å². The maximum Gasteiger partial charge on any atom is 0.415 e. The molecule has 2 heterocycles. The van der Waals surface area contributed by atoms with Crippen molar-refractivity contribution < 1.29 is 13.2 Å². The number of unbranched alkanes of at least 4 members (excludes halogenated alkanes) is 1. The van der Waals surface area contributed by atoms with Gasteiger partial charge in [-0.15, -0.1) is 10.2 Å². The number of halogens is 4. The van der Waals surface area contributed by atoms with E-state index in [0.29, 0.717) is 25.1 Å². The summed E-state index contributed by atoms with van der Waals surface area (Å²) in [7, 11) is 0. The highest BCUT2D eigenvalue weighted by molar-refractivity contribution is 6.30. The van der Waals surface area contributed by atoms with Crippen molar-refractivity contribution in [2.24, 2.45) is 10.9 Å². The molecule has 1 aliphatic carbocycles. The van der Waals surface area contributed by atoms with Crippen LogP contribution in [0.4, 0.5) is 13.2 Å². The first kappa shape index (κ1) is 24.4. The van der Waals surface area contributed by atoms with E-state index >= 15 is 0 Å². The number of nitrogens with one attached hydrogen (secondary N) is 1. The minimum Gasteiger partial charge on any atom is -0.245 e. The van der Waals surface area contributed by atoms with E-state index in [2.05, 4.69) is 69.0 Å². The zero-order chi connectivity index (χ0) is 24.1. The summed E-state index contributed by atoms with van der Waals surface area (Å²) in [4.78, 5) is 4.27. The van der Waals surface area contributed by atoms with Crippen molar-refractivity contribution in [3.05, 3.63) is 76.3 Å². The van der Waals surface area contributed by atoms with Crippen LogP contribution in [0, 0.1) is 5.92 Å². The highest BCUT2D eigenvalue weighted by atomic mass is 35.5. The summed E-state index contributed by atoms with van der Waals surface area (Å²) in [6.07, 6.45) is 7.07. The molecule has 0 amide bonds. The van der Waals surface area contributed by atoms with Crippen molar-refractivity contribution in [1.29, 1.82) is 0 Å². The Morgan fingerprint density at radius 3 is 2.47 bits per heavy atom. The van der Waals surface area contributed by atoms with Crippen LogP contribution in [0.5, 0.6) is 0 Å². The lowest BCUT2D eigenvalue weighted by Crippen LogP contribution is -2.18. The van der Waals surface area contributed by atoms with E-state index in [1.54, 1.807) is 0 Å². The zero-order valence-electron chi connectivity index (χ0n) is 18.9. The van der Waals surface area contributed by atoms with Crippen LogP contribution >= 0.6 is 11.6 Å². The van der Waals surface area contributed by atoms with Gasteiger partial charge in [0, 0.05) is 17.5 Å². The second-order valence-corrected chi connectivity index (χ2v) is 9.10. The van der Waals surface area contributed by atoms with Gasteiger partial charge in [0.1, 0.15) is 5.16 Å². The molecule has 2 aliphatic rings. The summed E-state index contributed by atoms with van der Waals surface area (Å²) < 4.78 is 40.3. The molecule has 0 spiro atoms. The van der Waals surface area contributed by atoms with Gasteiger partial charge in [-0.05, 0) is 43.2 Å². The van der Waals surface area contributed by atoms with Crippen LogP contribution in [0.15, 0.2) is 64.3 Å². The number of aromatic nitrogens is 4. The molecule has 3 atom stereocenters. The molecule has 1 aliphatic heterocycles. The SMILES string of the molecule is CCCCC1=NC(Cl)=C(C(F)(F)F)CCC1Cc1ccc(C2C=CC=CC2c2nn[nH]n2)cc1. The predicted molar refractivity (Wildman–Crippen MR) is 127 cm³/mol. The minimum atomic E-state index is -4.45. The van der Waals surface area contributed by atoms with Crippen LogP contribution in [0.25, 0.3) is 0 Å². The molecule has 9 heteroatoms. The van der Waals surface area contributed by atoms with Gasteiger partial charge in [-0.2, -0.15) is 18.4 Å². The van der Waals surface area contributed by atoms with Gasteiger partial charge in [-0.1, -0.05) is 78.7 Å². The number of allylic oxidation sites excluding steroid dienone is 5. The van der Waals surface area contributed by atoms with Gasteiger partial charge < -0.3 is 0 Å². The maximum atomic E-state index is 13.4. The molecule has 0 bridgehead atoms. The topological polar surface area (TPSA) is 66.8 Å². The van der Waals surface area contributed by atoms with E-state index in [1.807, 2.05) is 12.2 Å². The normalized spacial score (nSPS) is 23.2. The Bertz CT molecular complexity index is 1080. The lowest BCUT2D eigenvalue weighted by molar-refractivity contribution is -0.0946. The molecular formula is C25H27ClF3N5. The number of alkyl halides is 3. The molecule has 5 nitrogen and oxygen atoms in total. The number of hydrogen-bond acceptors (Lipinski definition) is 4. The number of aliphatic imine (C=N–C) groups is 1. The number of benzene rings is 1. The third-order valence-corrected chi connectivity index (χ3v) is 6.79. The van der Waals surface area contributed by atoms with Crippen molar-refractivity contribution in [1.82, 2.24) is 20.6 Å². The summed E-state index contributed by atoms with van der Waals surface area (Å²) in [6.45, 7) is 2.06. The van der Waals surface area contributed by atoms with Crippen molar-refractivity contribution in [3.8, 4) is 0 Å². The van der Waals surface area contributed by atoms with Gasteiger partial charge in [0.25, 0.3) is 0 Å². The second kappa shape index (κ2) is 10.7. The van der Waals surface area contributed by atoms with Gasteiger partial charge in [0.2, 0.25) is 0 Å². The van der Waals surface area contributed by atoms with E-state index in [1.165, 1.54) is 0 Å². The minimum absolute atomic E-state index is 0.0155. The van der Waals surface area contributed by atoms with Gasteiger partial charge in [0.15, 0.2) is 5.82 Å². The monoisotopic (exact) mass is 489 g/mol. The van der Waals surface area contributed by atoms with Crippen LogP contribution < -0.4 is 0 Å². The average molecular weight is 490 g/mol. The number of nitrogens with zero attached hydrogens (tertiary/aromatic N) is 4. The van der Waals surface area contributed by atoms with Crippen molar-refractivity contribution in [3.63, 3.8) is 0 Å². The fourth-order valence-electron chi connectivity index (χ4n) is 4.61. The lowest BCUT2D eigenvalue weighted by Gasteiger charge is -2.23. The molecule has 34 heavy (non-hydrogen) atoms. The average Bonchev–Trinajstić information content (AvgIpc) is 3.30. The first-order valence-corrected chi connectivity index (χ1v) is 11.9. The largest absolute Gasteiger partial charge is 0.415 e. The fourth-order valence-corrected chi connectivity index (χ4v) is 4.92. The summed E-state index contributed by atoms with van der Waals surface area (Å²) in [6, 6.07) is 8.25. The highest BCUT2D eigenvalue weighted by Crippen LogP contribution is 2.39. The van der Waals surface area contributed by atoms with E-state index in [9.17, 15) is 13.2 Å². The molecule has 3 unspecified atom stereocenters. The molecule has 1 aromatic carbocycles. The fraction of sp³-hybridized carbons (Fsp3) is 0.440. The molecule has 2 aromatic rings. The van der Waals surface area contributed by atoms with E-state index in [-0.39, 0.29) is 24.2 Å². The molecule has 4 rings (SSSR count). The number of hydrogen-bond donors (Lipinski definition) is 1. The predicted octanol–water partition coefficient (Wildman–Crippen LogP) is 6.79. The van der Waals surface area contributed by atoms with Gasteiger partial charge in [0.05, 0.1) is 11.5 Å². The Labute approximate surface area is 201 Å². The van der Waals surface area contributed by atoms with Crippen LogP contribution in [-0.4, -0.2) is 32.5 Å². The molecule has 0 saturated carbocycles. The molecule has 1 aromatic heterocycles. The lowest BCUT2D eigenvalue weighted by atomic mass is 9.81. The Balaban J connectivity index is 1.51. The first-order chi connectivity index (χ1) is 16.4. The maximum absolute atomic E-state index is 13.4. The van der Waals surface area contributed by atoms with Crippen molar-refractivity contribution in [2.45, 2.75) is 63.5 Å². The number of rotatable bonds is 7.